The zero-order valence-corrected chi connectivity index (χ0v) is 8.14. The standard InChI is InChI=1S/C8H13N3OS/c9-7-5-8(13-11-7)10-6-1-3-12-4-2-6/h5-6,10H,1-4H2,(H2,9,11). The molecule has 1 aromatic rings. The normalized spacial score (nSPS) is 18.8. The summed E-state index contributed by atoms with van der Waals surface area (Å²) in [6, 6.07) is 2.40. The van der Waals surface area contributed by atoms with Crippen molar-refractivity contribution in [3.8, 4) is 0 Å². The van der Waals surface area contributed by atoms with Crippen molar-refractivity contribution >= 4 is 22.4 Å². The summed E-state index contributed by atoms with van der Waals surface area (Å²) in [4.78, 5) is 0. The molecule has 3 N–H and O–H groups in total. The monoisotopic (exact) mass is 199 g/mol. The molecular formula is C8H13N3OS. The van der Waals surface area contributed by atoms with Crippen molar-refractivity contribution in [2.75, 3.05) is 24.3 Å². The van der Waals surface area contributed by atoms with Crippen LogP contribution in [0.2, 0.25) is 0 Å². The number of nitrogens with two attached hydrogens (primary N) is 1. The summed E-state index contributed by atoms with van der Waals surface area (Å²) in [5.41, 5.74) is 5.52. The minimum Gasteiger partial charge on any atom is -0.383 e. The maximum Gasteiger partial charge on any atom is 0.139 e. The van der Waals surface area contributed by atoms with E-state index < -0.39 is 0 Å². The molecule has 13 heavy (non-hydrogen) atoms. The SMILES string of the molecule is Nc1cc(NC2CCOCC2)sn1. The minimum absolute atomic E-state index is 0.522. The van der Waals surface area contributed by atoms with Gasteiger partial charge in [0.15, 0.2) is 0 Å². The Morgan fingerprint density at radius 1 is 1.54 bits per heavy atom. The lowest BCUT2D eigenvalue weighted by atomic mass is 10.1. The average Bonchev–Trinajstić information content (AvgIpc) is 2.53. The summed E-state index contributed by atoms with van der Waals surface area (Å²) in [7, 11) is 0. The fraction of sp³-hybridized carbons (Fsp3) is 0.625. The quantitative estimate of drug-likeness (QED) is 0.754. The predicted molar refractivity (Wildman–Crippen MR) is 54.0 cm³/mol. The fourth-order valence-corrected chi connectivity index (χ4v) is 2.05. The van der Waals surface area contributed by atoms with Crippen LogP contribution in [0.5, 0.6) is 0 Å². The maximum atomic E-state index is 5.52. The molecule has 0 amide bonds. The van der Waals surface area contributed by atoms with Crippen LogP contribution in [-0.4, -0.2) is 23.6 Å². The van der Waals surface area contributed by atoms with E-state index in [0.29, 0.717) is 11.9 Å². The van der Waals surface area contributed by atoms with Crippen molar-refractivity contribution in [2.24, 2.45) is 0 Å². The van der Waals surface area contributed by atoms with Crippen LogP contribution in [0.4, 0.5) is 10.8 Å². The highest BCUT2D eigenvalue weighted by Gasteiger charge is 2.13. The summed E-state index contributed by atoms with van der Waals surface area (Å²) in [5, 5.41) is 4.46. The summed E-state index contributed by atoms with van der Waals surface area (Å²) < 4.78 is 9.27. The third-order valence-corrected chi connectivity index (χ3v) is 2.83. The van der Waals surface area contributed by atoms with Crippen molar-refractivity contribution in [3.63, 3.8) is 0 Å². The lowest BCUT2D eigenvalue weighted by molar-refractivity contribution is 0.0905. The Balaban J connectivity index is 1.89. The number of nitrogens with one attached hydrogen (secondary N) is 1. The second kappa shape index (κ2) is 3.93. The second-order valence-electron chi connectivity index (χ2n) is 3.15. The molecule has 0 aliphatic carbocycles. The molecular weight excluding hydrogens is 186 g/mol. The van der Waals surface area contributed by atoms with Gasteiger partial charge in [0.2, 0.25) is 0 Å². The molecule has 2 rings (SSSR count). The molecule has 1 aromatic heterocycles. The highest BCUT2D eigenvalue weighted by Crippen LogP contribution is 2.21. The van der Waals surface area contributed by atoms with Crippen molar-refractivity contribution in [1.82, 2.24) is 4.37 Å². The van der Waals surface area contributed by atoms with Crippen molar-refractivity contribution in [2.45, 2.75) is 18.9 Å². The van der Waals surface area contributed by atoms with Gasteiger partial charge < -0.3 is 15.8 Å². The molecule has 0 atom stereocenters. The van der Waals surface area contributed by atoms with E-state index in [0.717, 1.165) is 31.1 Å². The van der Waals surface area contributed by atoms with Crippen LogP contribution in [0, 0.1) is 0 Å². The van der Waals surface area contributed by atoms with Crippen LogP contribution in [0.1, 0.15) is 12.8 Å². The van der Waals surface area contributed by atoms with E-state index in [2.05, 4.69) is 9.69 Å². The minimum atomic E-state index is 0.522. The van der Waals surface area contributed by atoms with Gasteiger partial charge in [0, 0.05) is 25.3 Å². The molecule has 0 saturated carbocycles. The van der Waals surface area contributed by atoms with Crippen LogP contribution >= 0.6 is 11.5 Å². The summed E-state index contributed by atoms with van der Waals surface area (Å²) in [6.45, 7) is 1.71. The van der Waals surface area contributed by atoms with Crippen molar-refractivity contribution < 1.29 is 4.74 Å². The Morgan fingerprint density at radius 3 is 2.92 bits per heavy atom. The van der Waals surface area contributed by atoms with Crippen LogP contribution in [0.25, 0.3) is 0 Å². The Kier molecular flexibility index (Phi) is 2.65. The topological polar surface area (TPSA) is 60.2 Å². The van der Waals surface area contributed by atoms with Crippen molar-refractivity contribution in [1.29, 1.82) is 0 Å². The average molecular weight is 199 g/mol. The first-order chi connectivity index (χ1) is 6.34. The number of aromatic nitrogens is 1. The smallest absolute Gasteiger partial charge is 0.139 e. The Bertz CT molecular complexity index is 270. The summed E-state index contributed by atoms with van der Waals surface area (Å²) in [6.07, 6.45) is 2.13. The lowest BCUT2D eigenvalue weighted by Crippen LogP contribution is -2.27. The van der Waals surface area contributed by atoms with Gasteiger partial charge in [-0.2, -0.15) is 4.37 Å². The molecule has 1 aliphatic rings. The van der Waals surface area contributed by atoms with E-state index in [1.165, 1.54) is 11.5 Å². The highest BCUT2D eigenvalue weighted by molar-refractivity contribution is 7.10. The number of anilines is 2. The molecule has 0 unspecified atom stereocenters. The summed E-state index contributed by atoms with van der Waals surface area (Å²) in [5.74, 6) is 0.597. The number of nitrogens with zero attached hydrogens (tertiary/aromatic N) is 1. The Hall–Kier alpha value is -0.810. The predicted octanol–water partition coefficient (Wildman–Crippen LogP) is 1.32. The molecule has 0 radical (unpaired) electrons. The molecule has 0 bridgehead atoms. The molecule has 4 nitrogen and oxygen atoms in total. The molecule has 0 spiro atoms. The number of nitrogen functional groups attached to an aromatic ring is 1. The fourth-order valence-electron chi connectivity index (χ4n) is 1.40. The van der Waals surface area contributed by atoms with Gasteiger partial charge in [-0.25, -0.2) is 0 Å². The number of hydrogen-bond donors (Lipinski definition) is 2. The third-order valence-electron chi connectivity index (χ3n) is 2.10. The van der Waals surface area contributed by atoms with Crippen LogP contribution in [-0.2, 0) is 4.74 Å². The van der Waals surface area contributed by atoms with Gasteiger partial charge in [-0.3, -0.25) is 0 Å². The Labute approximate surface area is 81.3 Å². The highest BCUT2D eigenvalue weighted by atomic mass is 32.1. The van der Waals surface area contributed by atoms with E-state index in [1.807, 2.05) is 6.07 Å². The molecule has 5 heteroatoms. The van der Waals surface area contributed by atoms with Gasteiger partial charge in [-0.15, -0.1) is 0 Å². The van der Waals surface area contributed by atoms with Crippen LogP contribution < -0.4 is 11.1 Å². The lowest BCUT2D eigenvalue weighted by Gasteiger charge is -2.22. The first kappa shape index (κ1) is 8.77. The number of ether oxygens (including phenoxy) is 1. The molecule has 1 aliphatic heterocycles. The van der Waals surface area contributed by atoms with Crippen molar-refractivity contribution in [3.05, 3.63) is 6.07 Å². The van der Waals surface area contributed by atoms with E-state index in [1.54, 1.807) is 0 Å². The molecule has 1 saturated heterocycles. The van der Waals surface area contributed by atoms with E-state index in [9.17, 15) is 0 Å². The van der Waals surface area contributed by atoms with E-state index >= 15 is 0 Å². The third kappa shape index (κ3) is 2.32. The zero-order chi connectivity index (χ0) is 9.10. The molecule has 2 heterocycles. The number of rotatable bonds is 2. The van der Waals surface area contributed by atoms with Gasteiger partial charge in [0.1, 0.15) is 10.8 Å². The molecule has 1 fully saturated rings. The van der Waals surface area contributed by atoms with Gasteiger partial charge >= 0.3 is 0 Å². The van der Waals surface area contributed by atoms with Gasteiger partial charge in [0.05, 0.1) is 0 Å². The molecule has 72 valence electrons. The molecule has 0 aromatic carbocycles. The first-order valence-corrected chi connectivity index (χ1v) is 5.18. The second-order valence-corrected chi connectivity index (χ2v) is 3.95. The van der Waals surface area contributed by atoms with Gasteiger partial charge in [-0.05, 0) is 24.4 Å². The van der Waals surface area contributed by atoms with Gasteiger partial charge in [0.25, 0.3) is 0 Å². The van der Waals surface area contributed by atoms with Crippen LogP contribution in [0.3, 0.4) is 0 Å². The summed E-state index contributed by atoms with van der Waals surface area (Å²) >= 11 is 1.42. The van der Waals surface area contributed by atoms with E-state index in [4.69, 9.17) is 10.5 Å². The van der Waals surface area contributed by atoms with Gasteiger partial charge in [-0.1, -0.05) is 0 Å². The van der Waals surface area contributed by atoms with E-state index in [-0.39, 0.29) is 0 Å². The Morgan fingerprint density at radius 2 is 2.31 bits per heavy atom. The largest absolute Gasteiger partial charge is 0.383 e. The maximum absolute atomic E-state index is 5.52. The number of hydrogen-bond acceptors (Lipinski definition) is 5. The zero-order valence-electron chi connectivity index (χ0n) is 7.32. The first-order valence-electron chi connectivity index (χ1n) is 4.41. The van der Waals surface area contributed by atoms with Crippen LogP contribution in [0.15, 0.2) is 6.07 Å².